The standard InChI is InChI=1S/C22H27N5O3.C5H11N.C2H3N.C2H6/c1-4-20(29)26-7-9-27(10-8-26)21-18-13-25(14-19(18)23-22(24-21)30-3)12-16-11-17(28)6-5-15(16)2;1-6-4-2-3-5-6;1-2-3;1-2/h4-6,11,28H,1,7-10,12-14H2,2-3H3;2-5H2,1H3;1H3;1-2H3. The summed E-state index contributed by atoms with van der Waals surface area (Å²) in [5.74, 6) is 1.13. The number of aromatic nitrogens is 2. The Labute approximate surface area is 245 Å². The van der Waals surface area contributed by atoms with Crippen molar-refractivity contribution in [1.82, 2.24) is 24.7 Å². The molecule has 0 spiro atoms. The highest BCUT2D eigenvalue weighted by molar-refractivity contribution is 5.87. The van der Waals surface area contributed by atoms with Gasteiger partial charge in [0.25, 0.3) is 0 Å². The van der Waals surface area contributed by atoms with Crippen molar-refractivity contribution in [3.63, 3.8) is 0 Å². The third kappa shape index (κ3) is 9.73. The quantitative estimate of drug-likeness (QED) is 0.536. The lowest BCUT2D eigenvalue weighted by Gasteiger charge is -2.35. The van der Waals surface area contributed by atoms with E-state index in [0.29, 0.717) is 38.7 Å². The molecular formula is C31H47N7O3. The first kappa shape index (κ1) is 33.5. The van der Waals surface area contributed by atoms with E-state index in [2.05, 4.69) is 45.2 Å². The zero-order valence-electron chi connectivity index (χ0n) is 25.7. The molecule has 1 amide bonds. The van der Waals surface area contributed by atoms with Gasteiger partial charge >= 0.3 is 6.01 Å². The average molecular weight is 566 g/mol. The van der Waals surface area contributed by atoms with Crippen LogP contribution < -0.4 is 9.64 Å². The van der Waals surface area contributed by atoms with Gasteiger partial charge in [0, 0.05) is 58.3 Å². The molecule has 1 aromatic heterocycles. The van der Waals surface area contributed by atoms with Crippen molar-refractivity contribution in [2.45, 2.75) is 60.2 Å². The summed E-state index contributed by atoms with van der Waals surface area (Å²) < 4.78 is 5.36. The molecule has 4 heterocycles. The fourth-order valence-electron chi connectivity index (χ4n) is 4.96. The Balaban J connectivity index is 0.000000455. The number of piperazine rings is 1. The fourth-order valence-corrected chi connectivity index (χ4v) is 4.96. The molecule has 0 aliphatic carbocycles. The number of ether oxygens (including phenoxy) is 1. The highest BCUT2D eigenvalue weighted by Gasteiger charge is 2.30. The van der Waals surface area contributed by atoms with Crippen molar-refractivity contribution in [3.8, 4) is 17.8 Å². The Bertz CT molecular complexity index is 1170. The number of methoxy groups -OCH3 is 1. The van der Waals surface area contributed by atoms with Gasteiger partial charge in [-0.05, 0) is 69.2 Å². The van der Waals surface area contributed by atoms with Gasteiger partial charge in [0.05, 0.1) is 18.9 Å². The van der Waals surface area contributed by atoms with Gasteiger partial charge in [-0.2, -0.15) is 15.2 Å². The molecule has 1 aromatic carbocycles. The van der Waals surface area contributed by atoms with Crippen molar-refractivity contribution >= 4 is 11.7 Å². The number of aryl methyl sites for hydroxylation is 1. The lowest BCUT2D eigenvalue weighted by Crippen LogP contribution is -2.48. The lowest BCUT2D eigenvalue weighted by atomic mass is 10.1. The van der Waals surface area contributed by atoms with E-state index in [-0.39, 0.29) is 11.7 Å². The van der Waals surface area contributed by atoms with E-state index >= 15 is 0 Å². The van der Waals surface area contributed by atoms with Crippen molar-refractivity contribution in [1.29, 1.82) is 5.26 Å². The second-order valence-corrected chi connectivity index (χ2v) is 9.97. The Kier molecular flexibility index (Phi) is 14.1. The Morgan fingerprint density at radius 1 is 1.12 bits per heavy atom. The molecule has 224 valence electrons. The minimum absolute atomic E-state index is 0.0344. The maximum absolute atomic E-state index is 11.9. The third-order valence-corrected chi connectivity index (χ3v) is 7.11. The van der Waals surface area contributed by atoms with E-state index < -0.39 is 0 Å². The largest absolute Gasteiger partial charge is 0.508 e. The van der Waals surface area contributed by atoms with Gasteiger partial charge in [-0.1, -0.05) is 26.5 Å². The molecule has 3 aliphatic heterocycles. The van der Waals surface area contributed by atoms with E-state index in [1.54, 1.807) is 24.1 Å². The van der Waals surface area contributed by atoms with Crippen LogP contribution in [0.3, 0.4) is 0 Å². The van der Waals surface area contributed by atoms with Gasteiger partial charge in [0.1, 0.15) is 11.6 Å². The molecule has 41 heavy (non-hydrogen) atoms. The van der Waals surface area contributed by atoms with Crippen LogP contribution in [0.5, 0.6) is 11.8 Å². The number of fused-ring (bicyclic) bond motifs is 1. The smallest absolute Gasteiger partial charge is 0.318 e. The number of phenols is 1. The first-order valence-corrected chi connectivity index (χ1v) is 14.4. The van der Waals surface area contributed by atoms with Crippen LogP contribution in [0.4, 0.5) is 5.82 Å². The van der Waals surface area contributed by atoms with Crippen LogP contribution in [0.1, 0.15) is 56.0 Å². The summed E-state index contributed by atoms with van der Waals surface area (Å²) in [6.07, 6.45) is 4.19. The number of hydrogen-bond donors (Lipinski definition) is 1. The van der Waals surface area contributed by atoms with Gasteiger partial charge in [0.15, 0.2) is 0 Å². The maximum Gasteiger partial charge on any atom is 0.318 e. The minimum Gasteiger partial charge on any atom is -0.508 e. The maximum atomic E-state index is 11.9. The first-order chi connectivity index (χ1) is 19.8. The van der Waals surface area contributed by atoms with Crippen molar-refractivity contribution < 1.29 is 14.6 Å². The third-order valence-electron chi connectivity index (χ3n) is 7.11. The Morgan fingerprint density at radius 3 is 2.29 bits per heavy atom. The molecule has 2 saturated heterocycles. The lowest BCUT2D eigenvalue weighted by molar-refractivity contribution is -0.126. The molecular weight excluding hydrogens is 518 g/mol. The molecule has 0 saturated carbocycles. The second kappa shape index (κ2) is 17.2. The predicted molar refractivity (Wildman–Crippen MR) is 163 cm³/mol. The number of nitrogens with zero attached hydrogens (tertiary/aromatic N) is 7. The molecule has 10 nitrogen and oxygen atoms in total. The van der Waals surface area contributed by atoms with Crippen molar-refractivity contribution in [2.75, 3.05) is 58.3 Å². The Hall–Kier alpha value is -3.68. The second-order valence-electron chi connectivity index (χ2n) is 9.97. The van der Waals surface area contributed by atoms with Crippen LogP contribution in [-0.4, -0.2) is 89.1 Å². The summed E-state index contributed by atoms with van der Waals surface area (Å²) in [6, 6.07) is 7.58. The highest BCUT2D eigenvalue weighted by atomic mass is 16.5. The van der Waals surface area contributed by atoms with Crippen LogP contribution in [0.15, 0.2) is 30.9 Å². The summed E-state index contributed by atoms with van der Waals surface area (Å²) in [4.78, 5) is 29.8. The van der Waals surface area contributed by atoms with Crippen LogP contribution in [0, 0.1) is 18.3 Å². The van der Waals surface area contributed by atoms with Crippen molar-refractivity contribution in [2.24, 2.45) is 0 Å². The summed E-state index contributed by atoms with van der Waals surface area (Å²) in [6.45, 7) is 18.5. The zero-order valence-corrected chi connectivity index (χ0v) is 25.7. The van der Waals surface area contributed by atoms with Crippen LogP contribution in [0.2, 0.25) is 0 Å². The number of anilines is 1. The van der Waals surface area contributed by atoms with Gasteiger partial charge < -0.3 is 24.5 Å². The number of hydrogen-bond acceptors (Lipinski definition) is 9. The number of rotatable bonds is 5. The van der Waals surface area contributed by atoms with Crippen LogP contribution >= 0.6 is 0 Å². The number of aromatic hydroxyl groups is 1. The Morgan fingerprint density at radius 2 is 1.76 bits per heavy atom. The highest BCUT2D eigenvalue weighted by Crippen LogP contribution is 2.33. The van der Waals surface area contributed by atoms with E-state index in [9.17, 15) is 9.90 Å². The van der Waals surface area contributed by atoms with E-state index in [1.807, 2.05) is 26.0 Å². The van der Waals surface area contributed by atoms with Gasteiger partial charge in [-0.3, -0.25) is 9.69 Å². The SMILES string of the molecule is C=CC(=O)N1CCN(c2nc(OC)nc3c2CN(Cc2cc(O)ccc2C)C3)CC1.CC.CC#N.CN1CCCC1. The molecule has 3 aliphatic rings. The number of carbonyl (C=O) groups excluding carboxylic acids is 1. The molecule has 2 aromatic rings. The van der Waals surface area contributed by atoms with E-state index in [4.69, 9.17) is 10.00 Å². The van der Waals surface area contributed by atoms with Gasteiger partial charge in [-0.25, -0.2) is 0 Å². The van der Waals surface area contributed by atoms with Crippen molar-refractivity contribution in [3.05, 3.63) is 53.2 Å². The van der Waals surface area contributed by atoms with Gasteiger partial charge in [0.2, 0.25) is 5.91 Å². The number of carbonyl (C=O) groups is 1. The normalized spacial score (nSPS) is 16.1. The predicted octanol–water partition coefficient (Wildman–Crippen LogP) is 4.12. The van der Waals surface area contributed by atoms with Crippen LogP contribution in [0.25, 0.3) is 0 Å². The number of phenolic OH excluding ortho intramolecular Hbond substituents is 1. The first-order valence-electron chi connectivity index (χ1n) is 14.4. The molecule has 0 bridgehead atoms. The monoisotopic (exact) mass is 565 g/mol. The minimum atomic E-state index is -0.0344. The molecule has 5 rings (SSSR count). The molecule has 0 radical (unpaired) electrons. The summed E-state index contributed by atoms with van der Waals surface area (Å²) >= 11 is 0. The molecule has 0 atom stereocenters. The average Bonchev–Trinajstić information content (AvgIpc) is 3.64. The number of benzene rings is 1. The summed E-state index contributed by atoms with van der Waals surface area (Å²) in [5.41, 5.74) is 4.33. The number of nitriles is 1. The van der Waals surface area contributed by atoms with Crippen LogP contribution in [-0.2, 0) is 24.4 Å². The number of amides is 1. The zero-order chi connectivity index (χ0) is 30.4. The molecule has 2 fully saturated rings. The topological polar surface area (TPSA) is 109 Å². The van der Waals surface area contributed by atoms with E-state index in [1.165, 1.54) is 38.9 Å². The summed E-state index contributed by atoms with van der Waals surface area (Å²) in [5, 5.41) is 17.2. The molecule has 1 N–H and O–H groups in total. The molecule has 0 unspecified atom stereocenters. The van der Waals surface area contributed by atoms with E-state index in [0.717, 1.165) is 41.3 Å². The molecule has 10 heteroatoms. The fraction of sp³-hybridized carbons (Fsp3) is 0.548. The summed E-state index contributed by atoms with van der Waals surface area (Å²) in [7, 11) is 3.75. The number of likely N-dealkylation sites (tertiary alicyclic amines) is 1. The van der Waals surface area contributed by atoms with Gasteiger partial charge in [-0.15, -0.1) is 0 Å².